The van der Waals surface area contributed by atoms with Crippen molar-refractivity contribution in [2.45, 2.75) is 58.7 Å². The number of nitrogens with zero attached hydrogens (tertiary/aromatic N) is 3. The van der Waals surface area contributed by atoms with Crippen LogP contribution in [-0.4, -0.2) is 41.4 Å². The molecule has 6 heteroatoms. The van der Waals surface area contributed by atoms with Crippen molar-refractivity contribution in [1.29, 1.82) is 0 Å². The standard InChI is InChI=1S/C16H26BN3O2/c1-12-7-6-8-20(11-12)14-18-9-13(10-19-14)17-21-15(2,3)16(4,5)22-17/h9-10,12H,6-8,11H2,1-5H3/i9D,10D. The summed E-state index contributed by atoms with van der Waals surface area (Å²) >= 11 is 0. The summed E-state index contributed by atoms with van der Waals surface area (Å²) in [5, 5.41) is 0. The minimum absolute atomic E-state index is 0.0155. The van der Waals surface area contributed by atoms with Crippen LogP contribution in [0, 0.1) is 5.92 Å². The predicted molar refractivity (Wildman–Crippen MR) is 88.4 cm³/mol. The van der Waals surface area contributed by atoms with Gasteiger partial charge in [-0.3, -0.25) is 0 Å². The highest BCUT2D eigenvalue weighted by Crippen LogP contribution is 2.36. The lowest BCUT2D eigenvalue weighted by atomic mass is 9.81. The van der Waals surface area contributed by atoms with Crippen LogP contribution in [0.3, 0.4) is 0 Å². The van der Waals surface area contributed by atoms with Crippen LogP contribution >= 0.6 is 0 Å². The number of anilines is 1. The van der Waals surface area contributed by atoms with Crippen LogP contribution in [0.5, 0.6) is 0 Å². The molecule has 2 fully saturated rings. The predicted octanol–water partition coefficient (Wildman–Crippen LogP) is 2.01. The van der Waals surface area contributed by atoms with Crippen LogP contribution in [0.2, 0.25) is 0 Å². The van der Waals surface area contributed by atoms with Crippen LogP contribution < -0.4 is 10.4 Å². The molecule has 22 heavy (non-hydrogen) atoms. The molecule has 1 unspecified atom stereocenters. The summed E-state index contributed by atoms with van der Waals surface area (Å²) in [7, 11) is -0.774. The first-order valence-electron chi connectivity index (χ1n) is 9.06. The summed E-state index contributed by atoms with van der Waals surface area (Å²) in [5.41, 5.74) is -0.725. The fraction of sp³-hybridized carbons (Fsp3) is 0.750. The Balaban J connectivity index is 1.89. The molecule has 0 saturated carbocycles. The lowest BCUT2D eigenvalue weighted by Gasteiger charge is -2.32. The third-order valence-electron chi connectivity index (χ3n) is 4.98. The first kappa shape index (κ1) is 13.3. The minimum Gasteiger partial charge on any atom is -0.399 e. The van der Waals surface area contributed by atoms with Gasteiger partial charge < -0.3 is 14.2 Å². The molecule has 5 nitrogen and oxygen atoms in total. The second-order valence-corrected chi connectivity index (χ2v) is 7.44. The lowest BCUT2D eigenvalue weighted by Crippen LogP contribution is -2.41. The fourth-order valence-electron chi connectivity index (χ4n) is 2.85. The number of hydrogen-bond acceptors (Lipinski definition) is 5. The maximum Gasteiger partial charge on any atom is 0.498 e. The van der Waals surface area contributed by atoms with Crippen LogP contribution in [0.1, 0.15) is 50.2 Å². The van der Waals surface area contributed by atoms with Crippen LogP contribution in [0.4, 0.5) is 5.95 Å². The summed E-state index contributed by atoms with van der Waals surface area (Å²) in [4.78, 5) is 10.7. The molecule has 2 aliphatic heterocycles. The molecule has 2 saturated heterocycles. The second-order valence-electron chi connectivity index (χ2n) is 7.44. The largest absolute Gasteiger partial charge is 0.498 e. The fourth-order valence-corrected chi connectivity index (χ4v) is 2.85. The topological polar surface area (TPSA) is 47.5 Å². The van der Waals surface area contributed by atoms with Crippen molar-refractivity contribution in [2.75, 3.05) is 18.0 Å². The SMILES string of the molecule is [2H]c1nc(N2CCCC(C)C2)nc([2H])c1B1OC(C)(C)C(C)(C)O1. The number of hydrogen-bond donors (Lipinski definition) is 0. The van der Waals surface area contributed by atoms with Crippen molar-refractivity contribution < 1.29 is 12.1 Å². The quantitative estimate of drug-likeness (QED) is 0.782. The average Bonchev–Trinajstić information content (AvgIpc) is 2.66. The number of piperidine rings is 1. The molecule has 0 aliphatic carbocycles. The van der Waals surface area contributed by atoms with E-state index in [4.69, 9.17) is 12.1 Å². The normalized spacial score (nSPS) is 28.5. The van der Waals surface area contributed by atoms with Gasteiger partial charge in [-0.15, -0.1) is 0 Å². The van der Waals surface area contributed by atoms with E-state index in [1.807, 2.05) is 27.7 Å². The van der Waals surface area contributed by atoms with E-state index in [0.717, 1.165) is 19.5 Å². The summed E-state index contributed by atoms with van der Waals surface area (Å²) in [6.07, 6.45) is 2.32. The zero-order chi connectivity index (χ0) is 17.7. The van der Waals surface area contributed by atoms with Crippen LogP contribution in [0.25, 0.3) is 0 Å². The summed E-state index contributed by atoms with van der Waals surface area (Å²) in [5.74, 6) is 1.05. The van der Waals surface area contributed by atoms with E-state index >= 15 is 0 Å². The van der Waals surface area contributed by atoms with E-state index in [1.165, 1.54) is 6.42 Å². The molecule has 1 aromatic heterocycles. The van der Waals surface area contributed by atoms with Gasteiger partial charge in [-0.1, -0.05) is 6.92 Å². The molecular weight excluding hydrogens is 277 g/mol. The Morgan fingerprint density at radius 3 is 2.36 bits per heavy atom. The molecule has 3 rings (SSSR count). The maximum atomic E-state index is 8.29. The van der Waals surface area contributed by atoms with E-state index in [0.29, 0.717) is 17.3 Å². The highest BCUT2D eigenvalue weighted by Gasteiger charge is 2.51. The molecule has 3 heterocycles. The summed E-state index contributed by atoms with van der Waals surface area (Å²) in [6.45, 7) is 11.7. The zero-order valence-electron chi connectivity index (χ0n) is 16.1. The minimum atomic E-state index is -0.774. The molecule has 0 radical (unpaired) electrons. The lowest BCUT2D eigenvalue weighted by molar-refractivity contribution is 0.00578. The summed E-state index contributed by atoms with van der Waals surface area (Å²) < 4.78 is 28.5. The molecule has 0 bridgehead atoms. The Morgan fingerprint density at radius 1 is 1.23 bits per heavy atom. The molecule has 1 aromatic rings. The molecule has 0 N–H and O–H groups in total. The Kier molecular flexibility index (Phi) is 3.33. The van der Waals surface area contributed by atoms with E-state index in [9.17, 15) is 0 Å². The highest BCUT2D eigenvalue weighted by molar-refractivity contribution is 6.61. The Morgan fingerprint density at radius 2 is 1.82 bits per heavy atom. The maximum absolute atomic E-state index is 8.29. The van der Waals surface area contributed by atoms with Crippen molar-refractivity contribution in [3.8, 4) is 0 Å². The Labute approximate surface area is 136 Å². The average molecular weight is 305 g/mol. The van der Waals surface area contributed by atoms with Gasteiger partial charge in [0.2, 0.25) is 5.95 Å². The van der Waals surface area contributed by atoms with Crippen LogP contribution in [0.15, 0.2) is 12.3 Å². The molecular formula is C16H26BN3O2. The second kappa shape index (κ2) is 5.50. The molecule has 120 valence electrons. The monoisotopic (exact) mass is 305 g/mol. The van der Waals surface area contributed by atoms with E-state index in [2.05, 4.69) is 21.8 Å². The third-order valence-corrected chi connectivity index (χ3v) is 4.98. The smallest absolute Gasteiger partial charge is 0.399 e. The van der Waals surface area contributed by atoms with E-state index in [-0.39, 0.29) is 12.3 Å². The van der Waals surface area contributed by atoms with E-state index < -0.39 is 18.3 Å². The number of rotatable bonds is 2. The first-order chi connectivity index (χ1) is 11.1. The van der Waals surface area contributed by atoms with Gasteiger partial charge in [-0.05, 0) is 46.5 Å². The van der Waals surface area contributed by atoms with Gasteiger partial charge in [0, 0.05) is 30.9 Å². The van der Waals surface area contributed by atoms with Crippen molar-refractivity contribution in [2.24, 2.45) is 5.92 Å². The van der Waals surface area contributed by atoms with Gasteiger partial charge in [0.05, 0.1) is 13.9 Å². The Hall–Kier alpha value is -1.14. The molecule has 2 aliphatic rings. The van der Waals surface area contributed by atoms with Gasteiger partial charge in [0.15, 0.2) is 0 Å². The molecule has 0 aromatic carbocycles. The van der Waals surface area contributed by atoms with Gasteiger partial charge in [0.1, 0.15) is 0 Å². The zero-order valence-corrected chi connectivity index (χ0v) is 14.1. The van der Waals surface area contributed by atoms with Gasteiger partial charge in [-0.25, -0.2) is 9.97 Å². The van der Waals surface area contributed by atoms with Crippen molar-refractivity contribution in [1.82, 2.24) is 9.97 Å². The van der Waals surface area contributed by atoms with Gasteiger partial charge in [-0.2, -0.15) is 0 Å². The highest BCUT2D eigenvalue weighted by atomic mass is 16.7. The third kappa shape index (κ3) is 2.86. The van der Waals surface area contributed by atoms with Crippen molar-refractivity contribution in [3.63, 3.8) is 0 Å². The molecule has 1 atom stereocenters. The van der Waals surface area contributed by atoms with Gasteiger partial charge >= 0.3 is 7.12 Å². The van der Waals surface area contributed by atoms with Gasteiger partial charge in [0.25, 0.3) is 0 Å². The van der Waals surface area contributed by atoms with Crippen molar-refractivity contribution >= 4 is 18.5 Å². The molecule has 0 spiro atoms. The number of aromatic nitrogens is 2. The summed E-state index contributed by atoms with van der Waals surface area (Å²) in [6, 6.07) is 0. The van der Waals surface area contributed by atoms with Crippen LogP contribution in [-0.2, 0) is 9.31 Å². The van der Waals surface area contributed by atoms with Crippen molar-refractivity contribution in [3.05, 3.63) is 12.3 Å². The molecule has 0 amide bonds. The van der Waals surface area contributed by atoms with E-state index in [1.54, 1.807) is 0 Å². The first-order valence-corrected chi connectivity index (χ1v) is 8.06. The Bertz CT molecular complexity index is 603.